The van der Waals surface area contributed by atoms with E-state index in [1.807, 2.05) is 23.7 Å². The van der Waals surface area contributed by atoms with Gasteiger partial charge < -0.3 is 9.84 Å². The van der Waals surface area contributed by atoms with Crippen molar-refractivity contribution < 1.29 is 18.6 Å². The molecule has 2 aliphatic heterocycles. The quantitative estimate of drug-likeness (QED) is 0.457. The summed E-state index contributed by atoms with van der Waals surface area (Å²) in [6, 6.07) is 7.53. The number of halogens is 3. The Bertz CT molecular complexity index is 1260. The van der Waals surface area contributed by atoms with Gasteiger partial charge in [-0.05, 0) is 50.2 Å². The Labute approximate surface area is 212 Å². The smallest absolute Gasteiger partial charge is 0.297 e. The fraction of sp³-hybridized carbons (Fsp3) is 0.500. The van der Waals surface area contributed by atoms with E-state index >= 15 is 0 Å². The summed E-state index contributed by atoms with van der Waals surface area (Å²) in [4.78, 5) is 2.93. The second-order valence-electron chi connectivity index (χ2n) is 10.0. The second kappa shape index (κ2) is 8.63. The molecule has 1 aromatic carbocycles. The first-order valence-corrected chi connectivity index (χ1v) is 13.3. The van der Waals surface area contributed by atoms with Crippen LogP contribution in [-0.2, 0) is 29.4 Å². The predicted octanol–water partition coefficient (Wildman–Crippen LogP) is 5.88. The van der Waals surface area contributed by atoms with Crippen molar-refractivity contribution in [2.75, 3.05) is 19.7 Å². The molecule has 2 aromatic heterocycles. The maximum atomic E-state index is 14.4. The first kappa shape index (κ1) is 23.6. The number of alkyl halides is 2. The number of para-hydroxylation sites is 1. The summed E-state index contributed by atoms with van der Waals surface area (Å²) in [5.41, 5.74) is 4.60. The summed E-state index contributed by atoms with van der Waals surface area (Å²) in [5, 5.41) is 14.8. The van der Waals surface area contributed by atoms with Gasteiger partial charge in [0.2, 0.25) is 0 Å². The van der Waals surface area contributed by atoms with Gasteiger partial charge in [-0.25, -0.2) is 4.68 Å². The number of aryl methyl sites for hydroxylation is 1. The average Bonchev–Trinajstić information content (AvgIpc) is 3.52. The van der Waals surface area contributed by atoms with Crippen molar-refractivity contribution in [2.45, 2.75) is 63.2 Å². The highest BCUT2D eigenvalue weighted by Gasteiger charge is 2.51. The highest BCUT2D eigenvalue weighted by Crippen LogP contribution is 2.52. The number of hydrogen-bond donors (Lipinski definition) is 1. The fourth-order valence-electron chi connectivity index (χ4n) is 5.54. The molecule has 5 nitrogen and oxygen atoms in total. The molecule has 0 atom stereocenters. The third kappa shape index (κ3) is 4.13. The fourth-order valence-corrected chi connectivity index (χ4v) is 7.01. The van der Waals surface area contributed by atoms with Gasteiger partial charge in [-0.3, -0.25) is 4.90 Å². The SMILES string of the molecule is Cc1nn(-c2c(CO)cccc2C2CC2)cc1CN1CCC2(CC1)OCC(F)(F)c1cc(Cl)sc12. The summed E-state index contributed by atoms with van der Waals surface area (Å²) in [6.07, 6.45) is 5.73. The van der Waals surface area contributed by atoms with Crippen LogP contribution in [0, 0.1) is 6.92 Å². The molecule has 9 heteroatoms. The number of nitrogens with zero attached hydrogens (tertiary/aromatic N) is 3. The number of thiophene rings is 1. The van der Waals surface area contributed by atoms with Crippen LogP contribution in [0.3, 0.4) is 0 Å². The lowest BCUT2D eigenvalue weighted by Crippen LogP contribution is -2.48. The summed E-state index contributed by atoms with van der Waals surface area (Å²) in [7, 11) is 0. The van der Waals surface area contributed by atoms with Crippen molar-refractivity contribution in [1.29, 1.82) is 0 Å². The summed E-state index contributed by atoms with van der Waals surface area (Å²) in [5.74, 6) is -2.45. The monoisotopic (exact) mass is 519 g/mol. The molecule has 1 saturated heterocycles. The standard InChI is InChI=1S/C26H28ClF2N3O2S/c1-16-19(13-32(30-16)23-18(14-33)3-2-4-20(23)17-5-6-17)12-31-9-7-25(8-10-31)24-21(11-22(27)35-24)26(28,29)15-34-25/h2-4,11,13,17,33H,5-10,12,14-15H2,1H3. The van der Waals surface area contributed by atoms with Gasteiger partial charge in [-0.2, -0.15) is 13.9 Å². The number of piperidine rings is 1. The molecule has 186 valence electrons. The minimum atomic E-state index is -2.99. The maximum absolute atomic E-state index is 14.4. The van der Waals surface area contributed by atoms with E-state index in [0.29, 0.717) is 28.0 Å². The maximum Gasteiger partial charge on any atom is 0.297 e. The number of aliphatic hydroxyl groups excluding tert-OH is 1. The Hall–Kier alpha value is -1.84. The van der Waals surface area contributed by atoms with E-state index in [1.54, 1.807) is 0 Å². The number of fused-ring (bicyclic) bond motifs is 2. The number of ether oxygens (including phenoxy) is 1. The number of aliphatic hydroxyl groups is 1. The molecule has 0 unspecified atom stereocenters. The van der Waals surface area contributed by atoms with Crippen molar-refractivity contribution in [3.05, 3.63) is 67.6 Å². The van der Waals surface area contributed by atoms with Gasteiger partial charge in [-0.15, -0.1) is 11.3 Å². The molecule has 0 bridgehead atoms. The largest absolute Gasteiger partial charge is 0.392 e. The lowest BCUT2D eigenvalue weighted by Gasteiger charge is -2.45. The van der Waals surface area contributed by atoms with Gasteiger partial charge in [0.1, 0.15) is 12.2 Å². The molecule has 1 N–H and O–H groups in total. The second-order valence-corrected chi connectivity index (χ2v) is 11.7. The number of benzene rings is 1. The Balaban J connectivity index is 1.21. The number of rotatable bonds is 5. The number of aromatic nitrogens is 2. The lowest BCUT2D eigenvalue weighted by atomic mass is 9.84. The molecule has 0 amide bonds. The van der Waals surface area contributed by atoms with Crippen LogP contribution in [0.25, 0.3) is 5.69 Å². The lowest BCUT2D eigenvalue weighted by molar-refractivity contribution is -0.182. The molecular formula is C26H28ClF2N3O2S. The highest BCUT2D eigenvalue weighted by molar-refractivity contribution is 7.16. The molecule has 3 aromatic rings. The zero-order valence-corrected chi connectivity index (χ0v) is 21.1. The van der Waals surface area contributed by atoms with E-state index in [2.05, 4.69) is 17.2 Å². The minimum absolute atomic E-state index is 0.0217. The van der Waals surface area contributed by atoms with E-state index < -0.39 is 18.1 Å². The van der Waals surface area contributed by atoms with Crippen LogP contribution in [0.2, 0.25) is 4.34 Å². The third-order valence-electron chi connectivity index (χ3n) is 7.67. The Kier molecular flexibility index (Phi) is 5.81. The van der Waals surface area contributed by atoms with E-state index in [1.165, 1.54) is 35.8 Å². The molecule has 1 saturated carbocycles. The zero-order chi connectivity index (χ0) is 24.4. The normalized spacial score (nSPS) is 21.4. The van der Waals surface area contributed by atoms with Crippen LogP contribution in [0.1, 0.15) is 64.4 Å². The van der Waals surface area contributed by atoms with E-state index in [9.17, 15) is 13.9 Å². The van der Waals surface area contributed by atoms with Crippen LogP contribution < -0.4 is 0 Å². The first-order valence-electron chi connectivity index (χ1n) is 12.1. The summed E-state index contributed by atoms with van der Waals surface area (Å²) >= 11 is 7.36. The van der Waals surface area contributed by atoms with Crippen molar-refractivity contribution in [1.82, 2.24) is 14.7 Å². The Morgan fingerprint density at radius 1 is 1.23 bits per heavy atom. The third-order valence-corrected chi connectivity index (χ3v) is 9.11. The van der Waals surface area contributed by atoms with Gasteiger partial charge in [-0.1, -0.05) is 29.8 Å². The summed E-state index contributed by atoms with van der Waals surface area (Å²) < 4.78 is 37.0. The minimum Gasteiger partial charge on any atom is -0.392 e. The van der Waals surface area contributed by atoms with E-state index in [4.69, 9.17) is 21.4 Å². The Morgan fingerprint density at radius 2 is 2.00 bits per heavy atom. The van der Waals surface area contributed by atoms with Gasteiger partial charge in [0.15, 0.2) is 0 Å². The van der Waals surface area contributed by atoms with Gasteiger partial charge >= 0.3 is 0 Å². The van der Waals surface area contributed by atoms with E-state index in [0.717, 1.165) is 42.1 Å². The average molecular weight is 520 g/mol. The zero-order valence-electron chi connectivity index (χ0n) is 19.6. The number of likely N-dealkylation sites (tertiary alicyclic amines) is 1. The highest BCUT2D eigenvalue weighted by atomic mass is 35.5. The van der Waals surface area contributed by atoms with Gasteiger partial charge in [0, 0.05) is 47.4 Å². The molecule has 6 rings (SSSR count). The van der Waals surface area contributed by atoms with Gasteiger partial charge in [0.25, 0.3) is 5.92 Å². The van der Waals surface area contributed by atoms with Crippen LogP contribution in [0.4, 0.5) is 8.78 Å². The van der Waals surface area contributed by atoms with Crippen molar-refractivity contribution >= 4 is 22.9 Å². The van der Waals surface area contributed by atoms with Crippen molar-refractivity contribution in [3.8, 4) is 5.69 Å². The molecule has 2 fully saturated rings. The van der Waals surface area contributed by atoms with Gasteiger partial charge in [0.05, 0.1) is 22.3 Å². The molecule has 3 aliphatic rings. The van der Waals surface area contributed by atoms with Crippen LogP contribution in [0.5, 0.6) is 0 Å². The topological polar surface area (TPSA) is 50.5 Å². The van der Waals surface area contributed by atoms with Crippen molar-refractivity contribution in [2.24, 2.45) is 0 Å². The summed E-state index contributed by atoms with van der Waals surface area (Å²) in [6.45, 7) is 3.62. The molecule has 0 radical (unpaired) electrons. The molecular weight excluding hydrogens is 492 g/mol. The molecule has 1 spiro atoms. The predicted molar refractivity (Wildman–Crippen MR) is 132 cm³/mol. The molecule has 35 heavy (non-hydrogen) atoms. The van der Waals surface area contributed by atoms with Crippen molar-refractivity contribution in [3.63, 3.8) is 0 Å². The molecule has 4 heterocycles. The number of hydrogen-bond acceptors (Lipinski definition) is 5. The van der Waals surface area contributed by atoms with Crippen LogP contribution >= 0.6 is 22.9 Å². The molecule has 1 aliphatic carbocycles. The first-order chi connectivity index (χ1) is 16.8. The van der Waals surface area contributed by atoms with Crippen LogP contribution in [-0.4, -0.2) is 39.5 Å². The van der Waals surface area contributed by atoms with E-state index in [-0.39, 0.29) is 12.2 Å². The van der Waals surface area contributed by atoms with Crippen LogP contribution in [0.15, 0.2) is 30.5 Å². The Morgan fingerprint density at radius 3 is 2.71 bits per heavy atom.